The maximum Gasteiger partial charge on any atom is 0.162 e. The molecule has 0 fully saturated rings. The van der Waals surface area contributed by atoms with Crippen LogP contribution in [0.25, 0.3) is 5.82 Å². The van der Waals surface area contributed by atoms with Gasteiger partial charge in [0.05, 0.1) is 12.0 Å². The Morgan fingerprint density at radius 1 is 1.23 bits per heavy atom. The van der Waals surface area contributed by atoms with Crippen molar-refractivity contribution in [2.24, 2.45) is 10.7 Å². The number of hydrogen-bond donors (Lipinski definition) is 3. The highest BCUT2D eigenvalue weighted by Crippen LogP contribution is 2.20. The first-order valence-corrected chi connectivity index (χ1v) is 16.0. The molecule has 2 rings (SSSR count). The second kappa shape index (κ2) is 27.6. The first-order valence-electron chi connectivity index (χ1n) is 16.0. The molecule has 1 aliphatic rings. The van der Waals surface area contributed by atoms with Gasteiger partial charge in [0, 0.05) is 37.2 Å². The Kier molecular flexibility index (Phi) is 24.9. The van der Waals surface area contributed by atoms with Gasteiger partial charge >= 0.3 is 0 Å². The summed E-state index contributed by atoms with van der Waals surface area (Å²) < 4.78 is 1.73. The normalized spacial score (nSPS) is 14.4. The number of rotatable bonds is 17. The molecule has 0 atom stereocenters. The maximum absolute atomic E-state index is 10.6. The topological polar surface area (TPSA) is 121 Å². The minimum Gasteiger partial charge on any atom is -0.516 e. The molecule has 0 amide bonds. The molecule has 8 heteroatoms. The van der Waals surface area contributed by atoms with Crippen LogP contribution in [0.5, 0.6) is 0 Å². The molecular formula is C39H56N6O2. The van der Waals surface area contributed by atoms with Crippen LogP contribution in [0, 0.1) is 12.3 Å². The van der Waals surface area contributed by atoms with Crippen molar-refractivity contribution >= 4 is 24.5 Å². The maximum atomic E-state index is 10.6. The molecule has 8 nitrogen and oxygen atoms in total. The zero-order chi connectivity index (χ0) is 35.3. The molecule has 47 heavy (non-hydrogen) atoms. The van der Waals surface area contributed by atoms with Crippen molar-refractivity contribution in [1.29, 1.82) is 5.41 Å². The molecule has 1 aliphatic carbocycles. The average Bonchev–Trinajstić information content (AvgIpc) is 3.34. The van der Waals surface area contributed by atoms with Crippen molar-refractivity contribution in [3.8, 4) is 0 Å². The Balaban J connectivity index is 0.00000184. The third-order valence-electron chi connectivity index (χ3n) is 6.78. The molecule has 1 heterocycles. The first kappa shape index (κ1) is 42.3. The van der Waals surface area contributed by atoms with Crippen LogP contribution in [-0.4, -0.2) is 65.2 Å². The SMILES string of the molecule is C/C=C(\C=C/CCN(CC)CCCC=O)/C=N/C(=C(C=N)\C=C(/C)C1=CCC=CC=C1)n1ccc(C)n1.C=C/C(C)=C\C=C\O.CN. The zero-order valence-corrected chi connectivity index (χ0v) is 29.3. The molecule has 254 valence electrons. The fraction of sp³-hybridized carbons (Fsp3) is 0.333. The van der Waals surface area contributed by atoms with Crippen molar-refractivity contribution in [2.75, 3.05) is 26.7 Å². The number of carbonyl (C=O) groups excluding carboxylic acids is 1. The monoisotopic (exact) mass is 640 g/mol. The summed E-state index contributed by atoms with van der Waals surface area (Å²) in [6.07, 6.45) is 34.1. The second-order valence-electron chi connectivity index (χ2n) is 10.3. The fourth-order valence-corrected chi connectivity index (χ4v) is 4.07. The number of aldehydes is 1. The largest absolute Gasteiger partial charge is 0.516 e. The van der Waals surface area contributed by atoms with E-state index < -0.39 is 0 Å². The highest BCUT2D eigenvalue weighted by molar-refractivity contribution is 5.92. The molecule has 0 aromatic carbocycles. The highest BCUT2D eigenvalue weighted by Gasteiger charge is 2.08. The van der Waals surface area contributed by atoms with Gasteiger partial charge in [-0.05, 0) is 102 Å². The van der Waals surface area contributed by atoms with Crippen LogP contribution < -0.4 is 5.73 Å². The minimum absolute atomic E-state index is 0.596. The van der Waals surface area contributed by atoms with E-state index in [9.17, 15) is 4.79 Å². The van der Waals surface area contributed by atoms with Crippen molar-refractivity contribution in [3.63, 3.8) is 0 Å². The Labute approximate surface area is 283 Å². The van der Waals surface area contributed by atoms with Gasteiger partial charge in [-0.3, -0.25) is 0 Å². The highest BCUT2D eigenvalue weighted by atomic mass is 16.2. The Morgan fingerprint density at radius 3 is 2.60 bits per heavy atom. The molecular weight excluding hydrogens is 584 g/mol. The number of carbonyl (C=O) groups is 1. The first-order chi connectivity index (χ1) is 22.8. The number of nitrogens with zero attached hydrogens (tertiary/aromatic N) is 4. The number of hydrogen-bond acceptors (Lipinski definition) is 7. The van der Waals surface area contributed by atoms with Gasteiger partial charge in [-0.1, -0.05) is 79.8 Å². The molecule has 0 radical (unpaired) electrons. The lowest BCUT2D eigenvalue weighted by Gasteiger charge is -2.18. The Hall–Kier alpha value is -4.66. The van der Waals surface area contributed by atoms with Crippen LogP contribution in [0.3, 0.4) is 0 Å². The molecule has 1 aromatic heterocycles. The minimum atomic E-state index is 0.596. The average molecular weight is 641 g/mol. The van der Waals surface area contributed by atoms with Gasteiger partial charge in [0.2, 0.25) is 0 Å². The van der Waals surface area contributed by atoms with E-state index in [1.807, 2.05) is 63.6 Å². The number of aliphatic hydroxyl groups excluding tert-OH is 1. The lowest BCUT2D eigenvalue weighted by Crippen LogP contribution is -2.25. The van der Waals surface area contributed by atoms with E-state index in [4.69, 9.17) is 15.5 Å². The summed E-state index contributed by atoms with van der Waals surface area (Å²) in [6, 6.07) is 1.93. The Bertz CT molecular complexity index is 1390. The van der Waals surface area contributed by atoms with E-state index in [2.05, 4.69) is 66.5 Å². The van der Waals surface area contributed by atoms with E-state index in [-0.39, 0.29) is 0 Å². The molecule has 4 N–H and O–H groups in total. The third-order valence-corrected chi connectivity index (χ3v) is 6.78. The van der Waals surface area contributed by atoms with E-state index in [1.165, 1.54) is 13.3 Å². The number of nitrogens with two attached hydrogens (primary N) is 1. The van der Waals surface area contributed by atoms with Gasteiger partial charge < -0.3 is 25.9 Å². The van der Waals surface area contributed by atoms with Gasteiger partial charge in [0.15, 0.2) is 5.82 Å². The number of aliphatic imine (C=N–C) groups is 1. The molecule has 0 spiro atoms. The number of nitrogens with one attached hydrogen (secondary N) is 1. The molecule has 0 unspecified atom stereocenters. The molecule has 0 saturated heterocycles. The van der Waals surface area contributed by atoms with E-state index in [1.54, 1.807) is 22.9 Å². The Morgan fingerprint density at radius 2 is 2.00 bits per heavy atom. The summed E-state index contributed by atoms with van der Waals surface area (Å²) in [5.41, 5.74) is 10.3. The van der Waals surface area contributed by atoms with Gasteiger partial charge in [0.25, 0.3) is 0 Å². The lowest BCUT2D eigenvalue weighted by molar-refractivity contribution is -0.108. The van der Waals surface area contributed by atoms with Gasteiger partial charge in [-0.15, -0.1) is 0 Å². The molecule has 0 bridgehead atoms. The number of allylic oxidation sites excluding steroid dienone is 16. The summed E-state index contributed by atoms with van der Waals surface area (Å²) >= 11 is 0. The van der Waals surface area contributed by atoms with Crippen LogP contribution in [0.1, 0.15) is 59.1 Å². The van der Waals surface area contributed by atoms with E-state index in [0.717, 1.165) is 79.4 Å². The van der Waals surface area contributed by atoms with E-state index in [0.29, 0.717) is 17.8 Å². The van der Waals surface area contributed by atoms with Crippen LogP contribution in [0.15, 0.2) is 131 Å². The smallest absolute Gasteiger partial charge is 0.162 e. The van der Waals surface area contributed by atoms with E-state index >= 15 is 0 Å². The van der Waals surface area contributed by atoms with Crippen molar-refractivity contribution in [3.05, 3.63) is 132 Å². The lowest BCUT2D eigenvalue weighted by atomic mass is 10.0. The van der Waals surface area contributed by atoms with Gasteiger partial charge in [-0.25, -0.2) is 9.67 Å². The number of aromatic nitrogens is 2. The zero-order valence-electron chi connectivity index (χ0n) is 29.3. The summed E-state index contributed by atoms with van der Waals surface area (Å²) in [5.74, 6) is 0.596. The summed E-state index contributed by atoms with van der Waals surface area (Å²) in [6.45, 7) is 16.5. The summed E-state index contributed by atoms with van der Waals surface area (Å²) in [5, 5.41) is 20.9. The standard InChI is InChI=1S/C31H41N5O.C7H10O.CH5N/c1-5-28(15-11-12-19-35(6-2)20-13-14-22-37)25-33-31(36-21-18-27(4)34-36)30(24-32)23-26(3)29-16-9-7-8-10-17-29;1-3-7(2)5-4-6-8;1-2/h5,7-9,11,15-18,21-25,32H,6,10,12-14,19-20H2,1-4H3;3-6,8H,1H2,2H3;2H2,1H3/b15-11-,26-23+,28-5+,31-30-,32-24?,33-25+;6-4+,7-5-;. The van der Waals surface area contributed by atoms with Gasteiger partial charge in [-0.2, -0.15) is 5.10 Å². The summed E-state index contributed by atoms with van der Waals surface area (Å²) in [4.78, 5) is 17.7. The fourth-order valence-electron chi connectivity index (χ4n) is 4.07. The van der Waals surface area contributed by atoms with Crippen molar-refractivity contribution < 1.29 is 9.90 Å². The molecule has 0 aliphatic heterocycles. The van der Waals surface area contributed by atoms with Crippen LogP contribution in [-0.2, 0) is 4.79 Å². The second-order valence-corrected chi connectivity index (χ2v) is 10.3. The predicted octanol–water partition coefficient (Wildman–Crippen LogP) is 8.43. The molecule has 0 saturated carbocycles. The van der Waals surface area contributed by atoms with Crippen molar-refractivity contribution in [2.45, 2.75) is 60.3 Å². The van der Waals surface area contributed by atoms with Crippen LogP contribution in [0.2, 0.25) is 0 Å². The quantitative estimate of drug-likeness (QED) is 0.0519. The summed E-state index contributed by atoms with van der Waals surface area (Å²) in [7, 11) is 1.50. The number of aryl methyl sites for hydroxylation is 1. The van der Waals surface area contributed by atoms with Crippen LogP contribution in [0.4, 0.5) is 0 Å². The van der Waals surface area contributed by atoms with Crippen LogP contribution >= 0.6 is 0 Å². The predicted molar refractivity (Wildman–Crippen MR) is 203 cm³/mol. The molecule has 1 aromatic rings. The number of aliphatic hydroxyl groups is 1. The van der Waals surface area contributed by atoms with Gasteiger partial charge in [0.1, 0.15) is 6.29 Å². The number of unbranched alkanes of at least 4 members (excludes halogenated alkanes) is 1. The third kappa shape index (κ3) is 18.8. The van der Waals surface area contributed by atoms with Crippen molar-refractivity contribution in [1.82, 2.24) is 14.7 Å².